The molecular weight excluding hydrogens is 360 g/mol. The fraction of sp³-hybridized carbons (Fsp3) is 0.579. The van der Waals surface area contributed by atoms with Crippen molar-refractivity contribution in [2.75, 3.05) is 13.1 Å². The van der Waals surface area contributed by atoms with Gasteiger partial charge in [-0.2, -0.15) is 0 Å². The zero-order valence-electron chi connectivity index (χ0n) is 16.1. The summed E-state index contributed by atoms with van der Waals surface area (Å²) in [6, 6.07) is 2.28. The van der Waals surface area contributed by atoms with Crippen LogP contribution in [0, 0.1) is 12.8 Å². The van der Waals surface area contributed by atoms with E-state index >= 15 is 0 Å². The average Bonchev–Trinajstić information content (AvgIpc) is 3.22. The van der Waals surface area contributed by atoms with E-state index in [9.17, 15) is 4.79 Å². The van der Waals surface area contributed by atoms with Gasteiger partial charge < -0.3 is 4.98 Å². The normalized spacial score (nSPS) is 18.6. The lowest BCUT2D eigenvalue weighted by Crippen LogP contribution is -2.36. The third kappa shape index (κ3) is 3.96. The second kappa shape index (κ2) is 7.52. The number of hydrogen-bond acceptors (Lipinski definition) is 6. The average molecular weight is 387 g/mol. The number of nitrogens with zero attached hydrogens (tertiary/aromatic N) is 5. The second-order valence-corrected chi connectivity index (χ2v) is 8.97. The van der Waals surface area contributed by atoms with E-state index < -0.39 is 0 Å². The highest BCUT2D eigenvalue weighted by Crippen LogP contribution is 2.22. The number of fused-ring (bicyclic) bond motifs is 1. The lowest BCUT2D eigenvalue weighted by Gasteiger charge is -2.32. The first-order valence-electron chi connectivity index (χ1n) is 9.59. The zero-order valence-corrected chi connectivity index (χ0v) is 16.9. The molecule has 4 rings (SSSR count). The third-order valence-corrected chi connectivity index (χ3v) is 6.07. The van der Waals surface area contributed by atoms with Crippen LogP contribution in [0.4, 0.5) is 0 Å². The Labute approximate surface area is 162 Å². The Morgan fingerprint density at radius 3 is 3.00 bits per heavy atom. The van der Waals surface area contributed by atoms with Crippen LogP contribution in [-0.2, 0) is 13.1 Å². The fourth-order valence-electron chi connectivity index (χ4n) is 3.81. The zero-order chi connectivity index (χ0) is 19.0. The predicted octanol–water partition coefficient (Wildman–Crippen LogP) is 2.92. The molecule has 1 N–H and O–H groups in total. The summed E-state index contributed by atoms with van der Waals surface area (Å²) in [5, 5.41) is 10.6. The topological polar surface area (TPSA) is 79.7 Å². The van der Waals surface area contributed by atoms with Crippen LogP contribution < -0.4 is 5.56 Å². The number of aromatic nitrogens is 5. The molecule has 0 aliphatic carbocycles. The van der Waals surface area contributed by atoms with Crippen LogP contribution in [0.15, 0.2) is 16.2 Å². The molecule has 3 aromatic heterocycles. The van der Waals surface area contributed by atoms with Gasteiger partial charge in [0.25, 0.3) is 5.56 Å². The Bertz CT molecular complexity index is 988. The predicted molar refractivity (Wildman–Crippen MR) is 107 cm³/mol. The minimum absolute atomic E-state index is 0.157. The number of hydrogen-bond donors (Lipinski definition) is 1. The highest BCUT2D eigenvalue weighted by molar-refractivity contribution is 7.10. The van der Waals surface area contributed by atoms with Gasteiger partial charge in [-0.1, -0.05) is 19.1 Å². The van der Waals surface area contributed by atoms with E-state index in [1.165, 1.54) is 23.3 Å². The molecule has 27 heavy (non-hydrogen) atoms. The van der Waals surface area contributed by atoms with Crippen molar-refractivity contribution in [3.63, 3.8) is 0 Å². The van der Waals surface area contributed by atoms with Crippen molar-refractivity contribution in [1.29, 1.82) is 0 Å². The van der Waals surface area contributed by atoms with Gasteiger partial charge in [-0.15, -0.1) is 16.4 Å². The Kier molecular flexibility index (Phi) is 5.10. The lowest BCUT2D eigenvalue weighted by atomic mass is 9.97. The molecule has 0 bridgehead atoms. The Balaban J connectivity index is 1.50. The standard InChI is InChI=1S/C19H26N6OS/c1-12(2)17-20-18-16(19(26)21-17)22-23-25(18)10-14-5-4-6-24(8-14)9-15-7-13(3)27-11-15/h7,11-12,14H,4-6,8-10H2,1-3H3,(H,20,21,26)/t14-/m1/s1. The summed E-state index contributed by atoms with van der Waals surface area (Å²) in [6.45, 7) is 10.1. The van der Waals surface area contributed by atoms with Gasteiger partial charge >= 0.3 is 0 Å². The molecule has 0 saturated carbocycles. The molecule has 4 heterocycles. The quantitative estimate of drug-likeness (QED) is 0.729. The minimum atomic E-state index is -0.201. The number of aryl methyl sites for hydroxylation is 1. The van der Waals surface area contributed by atoms with Crippen LogP contribution in [0.2, 0.25) is 0 Å². The fourth-order valence-corrected chi connectivity index (χ4v) is 4.51. The van der Waals surface area contributed by atoms with Gasteiger partial charge in [0.2, 0.25) is 0 Å². The number of rotatable bonds is 5. The first kappa shape index (κ1) is 18.3. The summed E-state index contributed by atoms with van der Waals surface area (Å²) in [4.78, 5) is 23.6. The van der Waals surface area contributed by atoms with E-state index in [0.717, 1.165) is 26.2 Å². The summed E-state index contributed by atoms with van der Waals surface area (Å²) < 4.78 is 1.82. The van der Waals surface area contributed by atoms with Crippen molar-refractivity contribution in [2.45, 2.75) is 52.6 Å². The number of thiophene rings is 1. The van der Waals surface area contributed by atoms with Crippen LogP contribution in [0.3, 0.4) is 0 Å². The maximum atomic E-state index is 12.2. The maximum Gasteiger partial charge on any atom is 0.281 e. The first-order chi connectivity index (χ1) is 13.0. The van der Waals surface area contributed by atoms with Gasteiger partial charge in [0.15, 0.2) is 11.2 Å². The van der Waals surface area contributed by atoms with Crippen molar-refractivity contribution in [1.82, 2.24) is 29.9 Å². The molecule has 1 saturated heterocycles. The molecule has 1 aliphatic rings. The Morgan fingerprint density at radius 2 is 2.26 bits per heavy atom. The third-order valence-electron chi connectivity index (χ3n) is 5.16. The van der Waals surface area contributed by atoms with E-state index in [4.69, 9.17) is 0 Å². The molecule has 0 amide bonds. The van der Waals surface area contributed by atoms with Crippen LogP contribution in [0.25, 0.3) is 11.2 Å². The van der Waals surface area contributed by atoms with Crippen molar-refractivity contribution < 1.29 is 0 Å². The van der Waals surface area contributed by atoms with E-state index in [0.29, 0.717) is 22.9 Å². The molecule has 1 fully saturated rings. The van der Waals surface area contributed by atoms with Crippen molar-refractivity contribution in [3.8, 4) is 0 Å². The largest absolute Gasteiger partial charge is 0.308 e. The molecule has 0 spiro atoms. The van der Waals surface area contributed by atoms with Gasteiger partial charge in [0.1, 0.15) is 5.82 Å². The molecule has 0 unspecified atom stereocenters. The van der Waals surface area contributed by atoms with E-state index in [-0.39, 0.29) is 11.5 Å². The number of nitrogens with one attached hydrogen (secondary N) is 1. The molecule has 8 heteroatoms. The van der Waals surface area contributed by atoms with E-state index in [2.05, 4.69) is 43.6 Å². The monoisotopic (exact) mass is 386 g/mol. The first-order valence-corrected chi connectivity index (χ1v) is 10.5. The summed E-state index contributed by atoms with van der Waals surface area (Å²) in [5.41, 5.74) is 2.14. The van der Waals surface area contributed by atoms with Crippen LogP contribution in [0.5, 0.6) is 0 Å². The molecule has 0 radical (unpaired) electrons. The van der Waals surface area contributed by atoms with Crippen LogP contribution >= 0.6 is 11.3 Å². The Morgan fingerprint density at radius 1 is 1.41 bits per heavy atom. The minimum Gasteiger partial charge on any atom is -0.308 e. The van der Waals surface area contributed by atoms with Crippen LogP contribution in [-0.4, -0.2) is 43.0 Å². The number of likely N-dealkylation sites (tertiary alicyclic amines) is 1. The van der Waals surface area contributed by atoms with Crippen LogP contribution in [0.1, 0.15) is 48.9 Å². The summed E-state index contributed by atoms with van der Waals surface area (Å²) in [5.74, 6) is 1.34. The van der Waals surface area contributed by atoms with E-state index in [1.54, 1.807) is 0 Å². The summed E-state index contributed by atoms with van der Waals surface area (Å²) in [7, 11) is 0. The summed E-state index contributed by atoms with van der Waals surface area (Å²) >= 11 is 1.81. The van der Waals surface area contributed by atoms with Gasteiger partial charge in [0.05, 0.1) is 0 Å². The number of H-pyrrole nitrogens is 1. The summed E-state index contributed by atoms with van der Waals surface area (Å²) in [6.07, 6.45) is 2.35. The highest BCUT2D eigenvalue weighted by atomic mass is 32.1. The molecular formula is C19H26N6OS. The number of piperidine rings is 1. The molecule has 0 aromatic carbocycles. The molecule has 144 valence electrons. The van der Waals surface area contributed by atoms with Crippen molar-refractivity contribution in [3.05, 3.63) is 38.1 Å². The van der Waals surface area contributed by atoms with Crippen molar-refractivity contribution >= 4 is 22.5 Å². The van der Waals surface area contributed by atoms with E-state index in [1.807, 2.05) is 29.9 Å². The maximum absolute atomic E-state index is 12.2. The highest BCUT2D eigenvalue weighted by Gasteiger charge is 2.23. The SMILES string of the molecule is Cc1cc(CN2CCC[C@@H](Cn3nnc4c(=O)[nH]c(C(C)C)nc43)C2)cs1. The van der Waals surface area contributed by atoms with Crippen molar-refractivity contribution in [2.24, 2.45) is 5.92 Å². The lowest BCUT2D eigenvalue weighted by molar-refractivity contribution is 0.154. The smallest absolute Gasteiger partial charge is 0.281 e. The second-order valence-electron chi connectivity index (χ2n) is 7.86. The van der Waals surface area contributed by atoms with Gasteiger partial charge in [-0.05, 0) is 49.2 Å². The van der Waals surface area contributed by atoms with Gasteiger partial charge in [0, 0.05) is 30.4 Å². The Hall–Kier alpha value is -2.06. The van der Waals surface area contributed by atoms with Gasteiger partial charge in [-0.25, -0.2) is 9.67 Å². The molecule has 1 aliphatic heterocycles. The van der Waals surface area contributed by atoms with Gasteiger partial charge in [-0.3, -0.25) is 9.69 Å². The molecule has 7 nitrogen and oxygen atoms in total. The molecule has 3 aromatic rings. The molecule has 1 atom stereocenters. The number of aromatic amines is 1.